The van der Waals surface area contributed by atoms with Crippen LogP contribution in [0.2, 0.25) is 0 Å². The zero-order valence-corrected chi connectivity index (χ0v) is 17.7. The number of piperazine rings is 1. The van der Waals surface area contributed by atoms with Crippen molar-refractivity contribution >= 4 is 11.6 Å². The predicted molar refractivity (Wildman–Crippen MR) is 119 cm³/mol. The number of hydrogen-bond acceptors (Lipinski definition) is 4. The van der Waals surface area contributed by atoms with Crippen molar-refractivity contribution < 1.29 is 9.18 Å². The lowest BCUT2D eigenvalue weighted by atomic mass is 10.1. The Morgan fingerprint density at radius 1 is 0.968 bits per heavy atom. The summed E-state index contributed by atoms with van der Waals surface area (Å²) in [7, 11) is 0. The molecule has 0 N–H and O–H groups in total. The van der Waals surface area contributed by atoms with Gasteiger partial charge in [-0.3, -0.25) is 9.59 Å². The molecule has 0 radical (unpaired) electrons. The van der Waals surface area contributed by atoms with Gasteiger partial charge in [-0.2, -0.15) is 5.10 Å². The van der Waals surface area contributed by atoms with Crippen LogP contribution >= 0.6 is 0 Å². The van der Waals surface area contributed by atoms with Crippen LogP contribution in [-0.2, 0) is 4.79 Å². The van der Waals surface area contributed by atoms with E-state index >= 15 is 0 Å². The zero-order valence-electron chi connectivity index (χ0n) is 17.7. The van der Waals surface area contributed by atoms with Gasteiger partial charge in [0.25, 0.3) is 5.56 Å². The van der Waals surface area contributed by atoms with E-state index in [0.717, 1.165) is 11.1 Å². The Balaban J connectivity index is 1.48. The summed E-state index contributed by atoms with van der Waals surface area (Å²) >= 11 is 0. The van der Waals surface area contributed by atoms with Gasteiger partial charge in [0, 0.05) is 37.8 Å². The number of amides is 1. The second-order valence-corrected chi connectivity index (χ2v) is 7.81. The maximum Gasteiger partial charge on any atom is 0.267 e. The lowest BCUT2D eigenvalue weighted by Gasteiger charge is -2.37. The van der Waals surface area contributed by atoms with E-state index in [1.165, 1.54) is 16.8 Å². The van der Waals surface area contributed by atoms with Gasteiger partial charge in [-0.15, -0.1) is 0 Å². The van der Waals surface area contributed by atoms with Crippen molar-refractivity contribution in [1.29, 1.82) is 0 Å². The minimum atomic E-state index is -0.724. The highest BCUT2D eigenvalue weighted by Gasteiger charge is 2.28. The molecular weight excluding hydrogens is 395 g/mol. The van der Waals surface area contributed by atoms with Gasteiger partial charge < -0.3 is 9.80 Å². The molecule has 0 spiro atoms. The fraction of sp³-hybridized carbons (Fsp3) is 0.292. The molecule has 1 unspecified atom stereocenters. The lowest BCUT2D eigenvalue weighted by Crippen LogP contribution is -2.51. The normalized spacial score (nSPS) is 15.1. The Hall–Kier alpha value is -3.48. The molecule has 3 aromatic rings. The van der Waals surface area contributed by atoms with Crippen molar-refractivity contribution in [2.45, 2.75) is 19.9 Å². The number of carbonyl (C=O) groups excluding carboxylic acids is 1. The first-order valence-corrected chi connectivity index (χ1v) is 10.4. The number of halogens is 1. The number of rotatable bonds is 4. The fourth-order valence-electron chi connectivity index (χ4n) is 3.83. The van der Waals surface area contributed by atoms with Crippen molar-refractivity contribution in [3.05, 3.63) is 82.4 Å². The number of para-hydroxylation sites is 1. The third-order valence-electron chi connectivity index (χ3n) is 5.68. The highest BCUT2D eigenvalue weighted by atomic mass is 19.1. The van der Waals surface area contributed by atoms with Crippen LogP contribution in [0, 0.1) is 12.7 Å². The van der Waals surface area contributed by atoms with Crippen LogP contribution in [-0.4, -0.2) is 46.8 Å². The number of anilines is 1. The Kier molecular flexibility index (Phi) is 5.84. The number of hydrogen-bond donors (Lipinski definition) is 0. The van der Waals surface area contributed by atoms with Gasteiger partial charge in [-0.1, -0.05) is 42.0 Å². The molecule has 2 heterocycles. The van der Waals surface area contributed by atoms with Crippen LogP contribution in [0.15, 0.2) is 65.5 Å². The molecule has 31 heavy (non-hydrogen) atoms. The first-order valence-electron chi connectivity index (χ1n) is 10.4. The summed E-state index contributed by atoms with van der Waals surface area (Å²) in [6.07, 6.45) is 0. The quantitative estimate of drug-likeness (QED) is 0.650. The third-order valence-corrected chi connectivity index (χ3v) is 5.68. The Morgan fingerprint density at radius 3 is 2.32 bits per heavy atom. The maximum atomic E-state index is 14.1. The van der Waals surface area contributed by atoms with Crippen molar-refractivity contribution in [2.75, 3.05) is 31.1 Å². The predicted octanol–water partition coefficient (Wildman–Crippen LogP) is 3.27. The van der Waals surface area contributed by atoms with Crippen LogP contribution in [0.25, 0.3) is 11.3 Å². The molecule has 4 rings (SSSR count). The molecule has 1 saturated heterocycles. The molecule has 7 heteroatoms. The number of carbonyl (C=O) groups is 1. The van der Waals surface area contributed by atoms with Crippen LogP contribution in [0.5, 0.6) is 0 Å². The number of aryl methyl sites for hydroxylation is 1. The van der Waals surface area contributed by atoms with Gasteiger partial charge in [0.1, 0.15) is 11.9 Å². The molecule has 0 aliphatic carbocycles. The Labute approximate surface area is 180 Å². The molecule has 0 bridgehead atoms. The number of aromatic nitrogens is 2. The lowest BCUT2D eigenvalue weighted by molar-refractivity contribution is -0.135. The SMILES string of the molecule is Cc1ccc(-c2ccc(=O)n(C(C)C(=O)N3CCN(c4ccccc4F)CC3)n2)cc1. The summed E-state index contributed by atoms with van der Waals surface area (Å²) in [5.41, 5.74) is 2.89. The van der Waals surface area contributed by atoms with E-state index < -0.39 is 6.04 Å². The van der Waals surface area contributed by atoms with E-state index in [2.05, 4.69) is 5.10 Å². The molecule has 1 atom stereocenters. The molecule has 0 saturated carbocycles. The molecule has 160 valence electrons. The molecule has 1 fully saturated rings. The van der Waals surface area contributed by atoms with Crippen molar-refractivity contribution in [3.63, 3.8) is 0 Å². The van der Waals surface area contributed by atoms with Crippen LogP contribution in [0.4, 0.5) is 10.1 Å². The maximum absolute atomic E-state index is 14.1. The monoisotopic (exact) mass is 420 g/mol. The van der Waals surface area contributed by atoms with Gasteiger partial charge in [0.15, 0.2) is 0 Å². The largest absolute Gasteiger partial charge is 0.366 e. The average Bonchev–Trinajstić information content (AvgIpc) is 2.79. The first kappa shape index (κ1) is 20.8. The topological polar surface area (TPSA) is 58.4 Å². The summed E-state index contributed by atoms with van der Waals surface area (Å²) in [6.45, 7) is 5.69. The zero-order chi connectivity index (χ0) is 22.0. The van der Waals surface area contributed by atoms with Gasteiger partial charge in [0.05, 0.1) is 11.4 Å². The van der Waals surface area contributed by atoms with Crippen LogP contribution in [0.1, 0.15) is 18.5 Å². The van der Waals surface area contributed by atoms with E-state index in [0.29, 0.717) is 37.6 Å². The second kappa shape index (κ2) is 8.71. The van der Waals surface area contributed by atoms with Gasteiger partial charge in [-0.25, -0.2) is 9.07 Å². The van der Waals surface area contributed by atoms with Gasteiger partial charge >= 0.3 is 0 Å². The highest BCUT2D eigenvalue weighted by molar-refractivity contribution is 5.80. The second-order valence-electron chi connectivity index (χ2n) is 7.81. The van der Waals surface area contributed by atoms with E-state index in [1.54, 1.807) is 36.1 Å². The Morgan fingerprint density at radius 2 is 1.65 bits per heavy atom. The van der Waals surface area contributed by atoms with Crippen molar-refractivity contribution in [2.24, 2.45) is 0 Å². The summed E-state index contributed by atoms with van der Waals surface area (Å²) in [6, 6.07) is 16.9. The molecule has 1 amide bonds. The fourth-order valence-corrected chi connectivity index (χ4v) is 3.83. The molecule has 1 aliphatic heterocycles. The molecular formula is C24H25FN4O2. The Bertz CT molecular complexity index is 1130. The van der Waals surface area contributed by atoms with Crippen LogP contribution in [0.3, 0.4) is 0 Å². The highest BCUT2D eigenvalue weighted by Crippen LogP contribution is 2.21. The first-order chi connectivity index (χ1) is 14.9. The summed E-state index contributed by atoms with van der Waals surface area (Å²) in [5, 5.41) is 4.46. The van der Waals surface area contributed by atoms with E-state index in [4.69, 9.17) is 0 Å². The summed E-state index contributed by atoms with van der Waals surface area (Å²) in [5.74, 6) is -0.428. The molecule has 1 aromatic heterocycles. The van der Waals surface area contributed by atoms with Gasteiger partial charge in [-0.05, 0) is 32.0 Å². The number of nitrogens with zero attached hydrogens (tertiary/aromatic N) is 4. The smallest absolute Gasteiger partial charge is 0.267 e. The van der Waals surface area contributed by atoms with E-state index in [-0.39, 0.29) is 17.3 Å². The van der Waals surface area contributed by atoms with Crippen LogP contribution < -0.4 is 10.5 Å². The summed E-state index contributed by atoms with van der Waals surface area (Å²) in [4.78, 5) is 29.2. The van der Waals surface area contributed by atoms with Crippen molar-refractivity contribution in [1.82, 2.24) is 14.7 Å². The number of benzene rings is 2. The molecule has 6 nitrogen and oxygen atoms in total. The van der Waals surface area contributed by atoms with E-state index in [9.17, 15) is 14.0 Å². The summed E-state index contributed by atoms with van der Waals surface area (Å²) < 4.78 is 15.3. The van der Waals surface area contributed by atoms with Gasteiger partial charge in [0.2, 0.25) is 5.91 Å². The molecule has 1 aliphatic rings. The molecule has 2 aromatic carbocycles. The minimum Gasteiger partial charge on any atom is -0.366 e. The standard InChI is InChI=1S/C24H25FN4O2/c1-17-7-9-19(10-8-17)21-11-12-23(30)29(26-21)18(2)24(31)28-15-13-27(14-16-28)22-6-4-3-5-20(22)25/h3-12,18H,13-16H2,1-2H3. The van der Waals surface area contributed by atoms with E-state index in [1.807, 2.05) is 36.1 Å². The average molecular weight is 420 g/mol. The minimum absolute atomic E-state index is 0.163. The van der Waals surface area contributed by atoms with Crippen molar-refractivity contribution in [3.8, 4) is 11.3 Å². The third kappa shape index (κ3) is 4.35.